The second kappa shape index (κ2) is 8.88. The Hall–Kier alpha value is -5.74. The summed E-state index contributed by atoms with van der Waals surface area (Å²) in [6.45, 7) is 0. The van der Waals surface area contributed by atoms with Crippen molar-refractivity contribution in [1.82, 2.24) is 19.1 Å². The molecule has 4 heterocycles. The lowest BCUT2D eigenvalue weighted by Crippen LogP contribution is -1.93. The summed E-state index contributed by atoms with van der Waals surface area (Å²) in [5.41, 5.74) is 11.2. The standard InChI is InChI=1S/C38H24N4/c1-3-10-27(11-4-1)41-34-20-18-26(23-31(34)38-35(41)16-9-21-39-38)25-17-19-33-30(22-25)37-29-14-7-8-15-32(29)40-24-36(37)42(33)28-12-5-2-6-13-28/h1-24H. The van der Waals surface area contributed by atoms with Gasteiger partial charge >= 0.3 is 0 Å². The molecular weight excluding hydrogens is 512 g/mol. The van der Waals surface area contributed by atoms with Crippen molar-refractivity contribution in [3.05, 3.63) is 146 Å². The molecular formula is C38H24N4. The molecule has 9 rings (SSSR count). The maximum absolute atomic E-state index is 4.83. The molecule has 0 saturated heterocycles. The summed E-state index contributed by atoms with van der Waals surface area (Å²) in [6.07, 6.45) is 3.90. The first-order chi connectivity index (χ1) is 20.8. The molecule has 4 nitrogen and oxygen atoms in total. The molecule has 5 aromatic carbocycles. The van der Waals surface area contributed by atoms with Crippen molar-refractivity contribution in [3.63, 3.8) is 0 Å². The molecule has 0 N–H and O–H groups in total. The van der Waals surface area contributed by atoms with Crippen LogP contribution >= 0.6 is 0 Å². The molecule has 0 atom stereocenters. The highest BCUT2D eigenvalue weighted by Gasteiger charge is 2.18. The molecule has 4 aromatic heterocycles. The van der Waals surface area contributed by atoms with Gasteiger partial charge in [-0.15, -0.1) is 0 Å². The maximum Gasteiger partial charge on any atom is 0.0963 e. The SMILES string of the molecule is c1ccc(-n2c3ccc(-c4ccc5c(c4)c4c6ccccc6ncc4n5-c4ccccc4)cc3c3ncccc32)cc1. The summed E-state index contributed by atoms with van der Waals surface area (Å²) in [7, 11) is 0. The van der Waals surface area contributed by atoms with E-state index in [0.717, 1.165) is 49.7 Å². The Kier molecular flexibility index (Phi) is 4.87. The number of nitrogens with zero attached hydrogens (tertiary/aromatic N) is 4. The van der Waals surface area contributed by atoms with Crippen molar-refractivity contribution in [2.45, 2.75) is 0 Å². The smallest absolute Gasteiger partial charge is 0.0963 e. The molecule has 0 amide bonds. The van der Waals surface area contributed by atoms with Crippen LogP contribution < -0.4 is 0 Å². The largest absolute Gasteiger partial charge is 0.308 e. The fraction of sp³-hybridized carbons (Fsp3) is 0. The van der Waals surface area contributed by atoms with Gasteiger partial charge in [-0.2, -0.15) is 0 Å². The van der Waals surface area contributed by atoms with Crippen LogP contribution in [0.4, 0.5) is 0 Å². The third-order valence-corrected chi connectivity index (χ3v) is 8.39. The molecule has 0 aliphatic heterocycles. The maximum atomic E-state index is 4.83. The van der Waals surface area contributed by atoms with Crippen molar-refractivity contribution in [1.29, 1.82) is 0 Å². The van der Waals surface area contributed by atoms with Crippen LogP contribution in [0.5, 0.6) is 0 Å². The molecule has 9 aromatic rings. The molecule has 0 aliphatic rings. The van der Waals surface area contributed by atoms with Gasteiger partial charge in [0.05, 0.1) is 39.3 Å². The van der Waals surface area contributed by atoms with E-state index in [1.165, 1.54) is 27.4 Å². The van der Waals surface area contributed by atoms with Gasteiger partial charge in [-0.25, -0.2) is 0 Å². The minimum absolute atomic E-state index is 1.00. The quantitative estimate of drug-likeness (QED) is 0.225. The van der Waals surface area contributed by atoms with Gasteiger partial charge in [-0.05, 0) is 77.9 Å². The number of aromatic nitrogens is 4. The van der Waals surface area contributed by atoms with Crippen molar-refractivity contribution >= 4 is 54.6 Å². The molecule has 0 spiro atoms. The van der Waals surface area contributed by atoms with E-state index >= 15 is 0 Å². The zero-order valence-corrected chi connectivity index (χ0v) is 22.6. The van der Waals surface area contributed by atoms with Gasteiger partial charge in [0.15, 0.2) is 0 Å². The van der Waals surface area contributed by atoms with E-state index < -0.39 is 0 Å². The van der Waals surface area contributed by atoms with Crippen LogP contribution in [0.15, 0.2) is 146 Å². The lowest BCUT2D eigenvalue weighted by atomic mass is 10.0. The molecule has 196 valence electrons. The molecule has 0 unspecified atom stereocenters. The lowest BCUT2D eigenvalue weighted by molar-refractivity contribution is 1.17. The molecule has 4 heteroatoms. The van der Waals surface area contributed by atoms with Gasteiger partial charge < -0.3 is 9.13 Å². The Balaban J connectivity index is 1.32. The third kappa shape index (κ3) is 3.29. The van der Waals surface area contributed by atoms with E-state index in [2.05, 4.69) is 137 Å². The number of pyridine rings is 2. The Bertz CT molecular complexity index is 2450. The van der Waals surface area contributed by atoms with Gasteiger partial charge in [0.2, 0.25) is 0 Å². The van der Waals surface area contributed by atoms with Crippen molar-refractivity contribution < 1.29 is 0 Å². The van der Waals surface area contributed by atoms with Gasteiger partial charge in [-0.3, -0.25) is 9.97 Å². The highest BCUT2D eigenvalue weighted by atomic mass is 15.0. The van der Waals surface area contributed by atoms with Crippen LogP contribution in [0, 0.1) is 0 Å². The van der Waals surface area contributed by atoms with Crippen molar-refractivity contribution in [2.24, 2.45) is 0 Å². The number of para-hydroxylation sites is 3. The van der Waals surface area contributed by atoms with Crippen LogP contribution in [0.3, 0.4) is 0 Å². The van der Waals surface area contributed by atoms with E-state index in [9.17, 15) is 0 Å². The van der Waals surface area contributed by atoms with E-state index in [0.29, 0.717) is 0 Å². The van der Waals surface area contributed by atoms with Gasteiger partial charge in [0.1, 0.15) is 0 Å². The van der Waals surface area contributed by atoms with E-state index in [-0.39, 0.29) is 0 Å². The topological polar surface area (TPSA) is 35.6 Å². The number of rotatable bonds is 3. The molecule has 0 bridgehead atoms. The molecule has 0 fully saturated rings. The lowest BCUT2D eigenvalue weighted by Gasteiger charge is -2.09. The summed E-state index contributed by atoms with van der Waals surface area (Å²) in [6, 6.07) is 47.2. The minimum atomic E-state index is 1.00. The highest BCUT2D eigenvalue weighted by molar-refractivity contribution is 6.21. The number of hydrogen-bond acceptors (Lipinski definition) is 2. The summed E-state index contributed by atoms with van der Waals surface area (Å²) >= 11 is 0. The summed E-state index contributed by atoms with van der Waals surface area (Å²) in [4.78, 5) is 9.65. The monoisotopic (exact) mass is 536 g/mol. The zero-order valence-electron chi connectivity index (χ0n) is 22.6. The van der Waals surface area contributed by atoms with Crippen LogP contribution in [-0.4, -0.2) is 19.1 Å². The zero-order chi connectivity index (χ0) is 27.6. The van der Waals surface area contributed by atoms with Gasteiger partial charge in [-0.1, -0.05) is 66.7 Å². The van der Waals surface area contributed by atoms with Gasteiger partial charge in [0.25, 0.3) is 0 Å². The second-order valence-electron chi connectivity index (χ2n) is 10.7. The van der Waals surface area contributed by atoms with Gasteiger partial charge in [0, 0.05) is 39.1 Å². The number of fused-ring (bicyclic) bond motifs is 8. The van der Waals surface area contributed by atoms with Crippen LogP contribution in [0.1, 0.15) is 0 Å². The van der Waals surface area contributed by atoms with Crippen LogP contribution in [-0.2, 0) is 0 Å². The average molecular weight is 537 g/mol. The number of hydrogen-bond donors (Lipinski definition) is 0. The third-order valence-electron chi connectivity index (χ3n) is 8.39. The molecule has 0 radical (unpaired) electrons. The highest BCUT2D eigenvalue weighted by Crippen LogP contribution is 2.39. The van der Waals surface area contributed by atoms with Crippen molar-refractivity contribution in [3.8, 4) is 22.5 Å². The first-order valence-electron chi connectivity index (χ1n) is 14.2. The fourth-order valence-electron chi connectivity index (χ4n) is 6.55. The van der Waals surface area contributed by atoms with Crippen LogP contribution in [0.2, 0.25) is 0 Å². The van der Waals surface area contributed by atoms with Crippen LogP contribution in [0.25, 0.3) is 77.1 Å². The van der Waals surface area contributed by atoms with E-state index in [1.54, 1.807) is 0 Å². The Morgan fingerprint density at radius 1 is 0.429 bits per heavy atom. The summed E-state index contributed by atoms with van der Waals surface area (Å²) in [5.74, 6) is 0. The van der Waals surface area contributed by atoms with E-state index in [4.69, 9.17) is 9.97 Å². The van der Waals surface area contributed by atoms with E-state index in [1.807, 2.05) is 18.5 Å². The molecule has 0 aliphatic carbocycles. The molecule has 0 saturated carbocycles. The Morgan fingerprint density at radius 2 is 1.05 bits per heavy atom. The normalized spacial score (nSPS) is 11.8. The summed E-state index contributed by atoms with van der Waals surface area (Å²) in [5, 5.41) is 4.76. The second-order valence-corrected chi connectivity index (χ2v) is 10.7. The minimum Gasteiger partial charge on any atom is -0.308 e. The Morgan fingerprint density at radius 3 is 1.79 bits per heavy atom. The number of benzene rings is 5. The first kappa shape index (κ1) is 23.0. The van der Waals surface area contributed by atoms with Crippen molar-refractivity contribution in [2.75, 3.05) is 0 Å². The fourth-order valence-corrected chi connectivity index (χ4v) is 6.55. The summed E-state index contributed by atoms with van der Waals surface area (Å²) < 4.78 is 4.63. The molecule has 42 heavy (non-hydrogen) atoms. The predicted molar refractivity (Wildman–Crippen MR) is 174 cm³/mol. The Labute approximate surface area is 241 Å². The first-order valence-corrected chi connectivity index (χ1v) is 14.2. The predicted octanol–water partition coefficient (Wildman–Crippen LogP) is 9.49. The average Bonchev–Trinajstić information content (AvgIpc) is 3.58.